The number of hydrogen-bond acceptors (Lipinski definition) is 4. The minimum atomic E-state index is -3.67. The zero-order valence-corrected chi connectivity index (χ0v) is 13.1. The molecule has 1 fully saturated rings. The van der Waals surface area contributed by atoms with Crippen LogP contribution in [-0.2, 0) is 10.0 Å². The average molecular weight is 316 g/mol. The third kappa shape index (κ3) is 3.72. The van der Waals surface area contributed by atoms with Crippen molar-refractivity contribution in [3.8, 4) is 5.75 Å². The van der Waals surface area contributed by atoms with Crippen molar-refractivity contribution in [3.05, 3.63) is 24.0 Å². The van der Waals surface area contributed by atoms with E-state index in [1.165, 1.54) is 23.5 Å². The second-order valence-corrected chi connectivity index (χ2v) is 7.32. The molecule has 0 unspecified atom stereocenters. The molecule has 118 valence electrons. The lowest BCUT2D eigenvalue weighted by Crippen LogP contribution is -2.37. The summed E-state index contributed by atoms with van der Waals surface area (Å²) < 4.78 is 44.7. The number of rotatable bonds is 5. The topological polar surface area (TPSA) is 58.6 Å². The Labute approximate surface area is 125 Å². The maximum atomic E-state index is 13.7. The molecule has 0 spiro atoms. The van der Waals surface area contributed by atoms with Gasteiger partial charge in [-0.15, -0.1) is 0 Å². The Balaban J connectivity index is 2.14. The van der Waals surface area contributed by atoms with Crippen molar-refractivity contribution in [2.24, 2.45) is 5.92 Å². The van der Waals surface area contributed by atoms with Gasteiger partial charge in [-0.2, -0.15) is 0 Å². The third-order valence-electron chi connectivity index (χ3n) is 3.81. The van der Waals surface area contributed by atoms with Crippen LogP contribution in [0.15, 0.2) is 23.1 Å². The number of ether oxygens (including phenoxy) is 1. The van der Waals surface area contributed by atoms with Crippen LogP contribution in [-0.4, -0.2) is 46.5 Å². The van der Waals surface area contributed by atoms with Crippen LogP contribution in [0, 0.1) is 11.7 Å². The Bertz CT molecular complexity index is 586. The second-order valence-electron chi connectivity index (χ2n) is 5.28. The first kappa shape index (κ1) is 16.2. The summed E-state index contributed by atoms with van der Waals surface area (Å²) in [5.41, 5.74) is 0. The van der Waals surface area contributed by atoms with E-state index in [0.717, 1.165) is 32.0 Å². The minimum absolute atomic E-state index is 0.0370. The van der Waals surface area contributed by atoms with Crippen LogP contribution in [0.25, 0.3) is 0 Å². The lowest BCUT2D eigenvalue weighted by Gasteiger charge is -2.27. The quantitative estimate of drug-likeness (QED) is 0.893. The van der Waals surface area contributed by atoms with Crippen molar-refractivity contribution in [1.29, 1.82) is 0 Å². The highest BCUT2D eigenvalue weighted by molar-refractivity contribution is 7.89. The molecule has 0 amide bonds. The zero-order valence-electron chi connectivity index (χ0n) is 12.3. The molecule has 0 atom stereocenters. The van der Waals surface area contributed by atoms with Crippen LogP contribution in [0.4, 0.5) is 4.39 Å². The van der Waals surface area contributed by atoms with Crippen molar-refractivity contribution in [3.63, 3.8) is 0 Å². The molecule has 1 saturated heterocycles. The molecule has 0 aromatic heterocycles. The van der Waals surface area contributed by atoms with Gasteiger partial charge in [0.05, 0.1) is 12.0 Å². The fourth-order valence-electron chi connectivity index (χ4n) is 2.51. The van der Waals surface area contributed by atoms with E-state index in [-0.39, 0.29) is 10.6 Å². The van der Waals surface area contributed by atoms with Crippen molar-refractivity contribution in [2.75, 3.05) is 33.8 Å². The Morgan fingerprint density at radius 1 is 1.38 bits per heavy atom. The molecule has 21 heavy (non-hydrogen) atoms. The third-order valence-corrected chi connectivity index (χ3v) is 5.62. The van der Waals surface area contributed by atoms with Crippen LogP contribution >= 0.6 is 0 Å². The normalized spacial score (nSPS) is 17.1. The highest BCUT2D eigenvalue weighted by atomic mass is 32.2. The van der Waals surface area contributed by atoms with Crippen molar-refractivity contribution >= 4 is 10.0 Å². The van der Waals surface area contributed by atoms with Crippen LogP contribution in [0.3, 0.4) is 0 Å². The first-order valence-corrected chi connectivity index (χ1v) is 8.39. The standard InChI is InChI=1S/C14H21FN2O3S/c1-17(10-11-5-7-16-8-6-11)21(18,19)12-3-4-14(20-2)13(15)9-12/h3-4,9,11,16H,5-8,10H2,1-2H3. The molecule has 0 aliphatic carbocycles. The molecular formula is C14H21FN2O3S. The van der Waals surface area contributed by atoms with Crippen LogP contribution in [0.2, 0.25) is 0 Å². The smallest absolute Gasteiger partial charge is 0.242 e. The van der Waals surface area contributed by atoms with Gasteiger partial charge in [0.15, 0.2) is 11.6 Å². The lowest BCUT2D eigenvalue weighted by molar-refractivity contribution is 0.311. The van der Waals surface area contributed by atoms with Gasteiger partial charge in [0.25, 0.3) is 0 Å². The van der Waals surface area contributed by atoms with Crippen molar-refractivity contribution in [1.82, 2.24) is 9.62 Å². The molecule has 2 rings (SSSR count). The summed E-state index contributed by atoms with van der Waals surface area (Å²) in [4.78, 5) is -0.0442. The van der Waals surface area contributed by atoms with Gasteiger partial charge in [-0.1, -0.05) is 0 Å². The molecule has 1 aromatic carbocycles. The minimum Gasteiger partial charge on any atom is -0.494 e. The Hall–Kier alpha value is -1.18. The van der Waals surface area contributed by atoms with E-state index in [9.17, 15) is 12.8 Å². The van der Waals surface area contributed by atoms with Gasteiger partial charge in [-0.3, -0.25) is 0 Å². The zero-order chi connectivity index (χ0) is 15.5. The molecule has 1 aromatic rings. The molecule has 0 saturated carbocycles. The van der Waals surface area contributed by atoms with Crippen molar-refractivity contribution < 1.29 is 17.5 Å². The van der Waals surface area contributed by atoms with Crippen molar-refractivity contribution in [2.45, 2.75) is 17.7 Å². The summed E-state index contributed by atoms with van der Waals surface area (Å²) in [5.74, 6) is -0.294. The van der Waals surface area contributed by atoms with Crippen LogP contribution < -0.4 is 10.1 Å². The fraction of sp³-hybridized carbons (Fsp3) is 0.571. The van der Waals surface area contributed by atoms with Gasteiger partial charge in [-0.05, 0) is 50.0 Å². The van der Waals surface area contributed by atoms with Gasteiger partial charge < -0.3 is 10.1 Å². The molecule has 1 aliphatic rings. The van der Waals surface area contributed by atoms with E-state index in [0.29, 0.717) is 12.5 Å². The summed E-state index contributed by atoms with van der Waals surface area (Å²) in [6.07, 6.45) is 1.91. The Morgan fingerprint density at radius 2 is 2.05 bits per heavy atom. The number of halogens is 1. The predicted molar refractivity (Wildman–Crippen MR) is 78.4 cm³/mol. The molecule has 1 heterocycles. The largest absolute Gasteiger partial charge is 0.494 e. The van der Waals surface area contributed by atoms with Gasteiger partial charge in [-0.25, -0.2) is 17.1 Å². The Kier molecular flexibility index (Phi) is 5.18. The number of nitrogens with zero attached hydrogens (tertiary/aromatic N) is 1. The summed E-state index contributed by atoms with van der Waals surface area (Å²) in [7, 11) is -0.784. The summed E-state index contributed by atoms with van der Waals surface area (Å²) in [5, 5.41) is 3.25. The highest BCUT2D eigenvalue weighted by Gasteiger charge is 2.25. The van der Waals surface area contributed by atoms with Gasteiger partial charge in [0.1, 0.15) is 0 Å². The van der Waals surface area contributed by atoms with Crippen LogP contribution in [0.1, 0.15) is 12.8 Å². The average Bonchev–Trinajstić information content (AvgIpc) is 2.48. The first-order valence-electron chi connectivity index (χ1n) is 6.95. The van der Waals surface area contributed by atoms with E-state index in [2.05, 4.69) is 5.32 Å². The van der Waals surface area contributed by atoms with Gasteiger partial charge in [0.2, 0.25) is 10.0 Å². The maximum absolute atomic E-state index is 13.7. The predicted octanol–water partition coefficient (Wildman–Crippen LogP) is 1.45. The molecule has 7 heteroatoms. The molecule has 5 nitrogen and oxygen atoms in total. The Morgan fingerprint density at radius 3 is 2.62 bits per heavy atom. The monoisotopic (exact) mass is 316 g/mol. The summed E-state index contributed by atoms with van der Waals surface area (Å²) in [6, 6.07) is 3.71. The molecular weight excluding hydrogens is 295 g/mol. The lowest BCUT2D eigenvalue weighted by atomic mass is 9.98. The van der Waals surface area contributed by atoms with Crippen LogP contribution in [0.5, 0.6) is 5.75 Å². The van der Waals surface area contributed by atoms with E-state index >= 15 is 0 Å². The van der Waals surface area contributed by atoms with E-state index in [4.69, 9.17) is 4.74 Å². The number of sulfonamides is 1. The molecule has 1 aliphatic heterocycles. The van der Waals surface area contributed by atoms with E-state index in [1.54, 1.807) is 7.05 Å². The van der Waals surface area contributed by atoms with Gasteiger partial charge >= 0.3 is 0 Å². The number of hydrogen-bond donors (Lipinski definition) is 1. The molecule has 1 N–H and O–H groups in total. The highest BCUT2D eigenvalue weighted by Crippen LogP contribution is 2.24. The fourth-order valence-corrected chi connectivity index (χ4v) is 3.77. The molecule has 0 bridgehead atoms. The van der Waals surface area contributed by atoms with Gasteiger partial charge in [0, 0.05) is 13.6 Å². The molecule has 0 radical (unpaired) electrons. The first-order chi connectivity index (χ1) is 9.95. The summed E-state index contributed by atoms with van der Waals surface area (Å²) in [6.45, 7) is 2.28. The number of benzene rings is 1. The van der Waals surface area contributed by atoms with E-state index < -0.39 is 15.8 Å². The number of piperidine rings is 1. The number of methoxy groups -OCH3 is 1. The SMILES string of the molecule is COc1ccc(S(=O)(=O)N(C)CC2CCNCC2)cc1F. The van der Waals surface area contributed by atoms with E-state index in [1.807, 2.05) is 0 Å². The second kappa shape index (κ2) is 6.72. The number of nitrogens with one attached hydrogen (secondary N) is 1. The summed E-state index contributed by atoms with van der Waals surface area (Å²) >= 11 is 0. The maximum Gasteiger partial charge on any atom is 0.242 e.